The van der Waals surface area contributed by atoms with Crippen molar-refractivity contribution in [1.29, 1.82) is 0 Å². The van der Waals surface area contributed by atoms with Crippen LogP contribution in [-0.2, 0) is 17.9 Å². The Morgan fingerprint density at radius 1 is 1.30 bits per heavy atom. The van der Waals surface area contributed by atoms with Crippen molar-refractivity contribution in [2.45, 2.75) is 32.0 Å². The molecule has 0 aliphatic carbocycles. The lowest BCUT2D eigenvalue weighted by Crippen LogP contribution is -2.38. The molecule has 1 atom stereocenters. The highest BCUT2D eigenvalue weighted by Crippen LogP contribution is 2.11. The first-order valence-electron chi connectivity index (χ1n) is 7.45. The number of hydrogen-bond donors (Lipinski definition) is 2. The van der Waals surface area contributed by atoms with Crippen LogP contribution in [0.1, 0.15) is 24.0 Å². The summed E-state index contributed by atoms with van der Waals surface area (Å²) in [6, 6.07) is 8.82. The second kappa shape index (κ2) is 8.37. The quantitative estimate of drug-likeness (QED) is 0.754. The minimum absolute atomic E-state index is 0.111. The maximum absolute atomic E-state index is 9.08. The predicted molar refractivity (Wildman–Crippen MR) is 80.5 cm³/mol. The molecule has 20 heavy (non-hydrogen) atoms. The molecule has 2 N–H and O–H groups in total. The Labute approximate surface area is 121 Å². The largest absolute Gasteiger partial charge is 0.392 e. The van der Waals surface area contributed by atoms with Crippen LogP contribution in [0.5, 0.6) is 0 Å². The molecule has 1 aliphatic heterocycles. The van der Waals surface area contributed by atoms with E-state index < -0.39 is 0 Å². The van der Waals surface area contributed by atoms with Crippen LogP contribution in [0.2, 0.25) is 0 Å². The van der Waals surface area contributed by atoms with Crippen LogP contribution in [0.3, 0.4) is 0 Å². The minimum Gasteiger partial charge on any atom is -0.392 e. The van der Waals surface area contributed by atoms with E-state index in [0.29, 0.717) is 6.04 Å². The van der Waals surface area contributed by atoms with Crippen LogP contribution in [0.25, 0.3) is 0 Å². The van der Waals surface area contributed by atoms with Gasteiger partial charge in [-0.25, -0.2) is 0 Å². The van der Waals surface area contributed by atoms with Crippen LogP contribution < -0.4 is 5.32 Å². The summed E-state index contributed by atoms with van der Waals surface area (Å²) < 4.78 is 5.22. The molecule has 0 aromatic heterocycles. The van der Waals surface area contributed by atoms with Crippen LogP contribution in [-0.4, -0.2) is 49.4 Å². The molecule has 1 aromatic carbocycles. The Morgan fingerprint density at radius 3 is 2.65 bits per heavy atom. The summed E-state index contributed by atoms with van der Waals surface area (Å²) in [5.41, 5.74) is 2.26. The second-order valence-electron chi connectivity index (χ2n) is 5.50. The number of rotatable bonds is 8. The zero-order chi connectivity index (χ0) is 14.2. The number of nitrogens with one attached hydrogen (secondary N) is 1. The van der Waals surface area contributed by atoms with Crippen LogP contribution in [0.4, 0.5) is 0 Å². The molecule has 1 unspecified atom stereocenters. The summed E-state index contributed by atoms with van der Waals surface area (Å²) in [5, 5.41) is 12.6. The maximum Gasteiger partial charge on any atom is 0.0681 e. The molecule has 1 fully saturated rings. The van der Waals surface area contributed by atoms with Crippen molar-refractivity contribution in [3.63, 3.8) is 0 Å². The van der Waals surface area contributed by atoms with E-state index in [1.807, 2.05) is 12.1 Å². The van der Waals surface area contributed by atoms with Gasteiger partial charge in [-0.2, -0.15) is 0 Å². The zero-order valence-electron chi connectivity index (χ0n) is 12.3. The first kappa shape index (κ1) is 15.4. The monoisotopic (exact) mass is 278 g/mol. The summed E-state index contributed by atoms with van der Waals surface area (Å²) in [6.07, 6.45) is 2.56. The molecule has 1 heterocycles. The van der Waals surface area contributed by atoms with Crippen molar-refractivity contribution < 1.29 is 9.84 Å². The SMILES string of the molecule is COCCN(Cc1ccc(CO)cc1)CC1CCCN1. The third kappa shape index (κ3) is 4.87. The van der Waals surface area contributed by atoms with Gasteiger partial charge in [0.1, 0.15) is 0 Å². The number of benzene rings is 1. The van der Waals surface area contributed by atoms with E-state index in [1.165, 1.54) is 18.4 Å². The van der Waals surface area contributed by atoms with Gasteiger partial charge in [-0.05, 0) is 30.5 Å². The van der Waals surface area contributed by atoms with Gasteiger partial charge in [0.15, 0.2) is 0 Å². The average molecular weight is 278 g/mol. The van der Waals surface area contributed by atoms with E-state index in [2.05, 4.69) is 22.3 Å². The number of nitrogens with zero attached hydrogens (tertiary/aromatic N) is 1. The molecule has 4 nitrogen and oxygen atoms in total. The normalized spacial score (nSPS) is 18.9. The Morgan fingerprint density at radius 2 is 2.05 bits per heavy atom. The molecule has 112 valence electrons. The van der Waals surface area contributed by atoms with Gasteiger partial charge in [0.25, 0.3) is 0 Å². The molecule has 0 radical (unpaired) electrons. The van der Waals surface area contributed by atoms with E-state index in [0.717, 1.165) is 38.3 Å². The van der Waals surface area contributed by atoms with Crippen LogP contribution in [0, 0.1) is 0 Å². The lowest BCUT2D eigenvalue weighted by atomic mass is 10.1. The Bertz CT molecular complexity index is 375. The van der Waals surface area contributed by atoms with Gasteiger partial charge in [-0.15, -0.1) is 0 Å². The van der Waals surface area contributed by atoms with E-state index in [4.69, 9.17) is 9.84 Å². The number of aliphatic hydroxyl groups excluding tert-OH is 1. The van der Waals surface area contributed by atoms with Crippen molar-refractivity contribution in [1.82, 2.24) is 10.2 Å². The van der Waals surface area contributed by atoms with Crippen molar-refractivity contribution in [3.05, 3.63) is 35.4 Å². The first-order valence-corrected chi connectivity index (χ1v) is 7.45. The van der Waals surface area contributed by atoms with Gasteiger partial charge >= 0.3 is 0 Å². The molecule has 4 heteroatoms. The number of methoxy groups -OCH3 is 1. The molecule has 1 saturated heterocycles. The van der Waals surface area contributed by atoms with Crippen molar-refractivity contribution in [3.8, 4) is 0 Å². The van der Waals surface area contributed by atoms with Crippen LogP contribution >= 0.6 is 0 Å². The Balaban J connectivity index is 1.90. The molecular formula is C16H26N2O2. The third-order valence-electron chi connectivity index (χ3n) is 3.86. The highest BCUT2D eigenvalue weighted by atomic mass is 16.5. The Kier molecular flexibility index (Phi) is 6.47. The Hall–Kier alpha value is -0.940. The maximum atomic E-state index is 9.08. The number of hydrogen-bond acceptors (Lipinski definition) is 4. The van der Waals surface area contributed by atoms with Gasteiger partial charge in [0.05, 0.1) is 13.2 Å². The van der Waals surface area contributed by atoms with E-state index >= 15 is 0 Å². The molecule has 1 aromatic rings. The summed E-state index contributed by atoms with van der Waals surface area (Å²) in [7, 11) is 1.75. The number of aliphatic hydroxyl groups is 1. The van der Waals surface area contributed by atoms with Gasteiger partial charge in [-0.3, -0.25) is 4.90 Å². The van der Waals surface area contributed by atoms with Crippen molar-refractivity contribution in [2.24, 2.45) is 0 Å². The third-order valence-corrected chi connectivity index (χ3v) is 3.86. The average Bonchev–Trinajstić information content (AvgIpc) is 2.98. The molecule has 0 bridgehead atoms. The second-order valence-corrected chi connectivity index (χ2v) is 5.50. The lowest BCUT2D eigenvalue weighted by molar-refractivity contribution is 0.138. The standard InChI is InChI=1S/C16H26N2O2/c1-20-10-9-18(12-16-3-2-8-17-16)11-14-4-6-15(13-19)7-5-14/h4-7,16-17,19H,2-3,8-13H2,1H3. The van der Waals surface area contributed by atoms with Gasteiger partial charge in [0.2, 0.25) is 0 Å². The minimum atomic E-state index is 0.111. The van der Waals surface area contributed by atoms with E-state index in [9.17, 15) is 0 Å². The highest BCUT2D eigenvalue weighted by molar-refractivity contribution is 5.21. The fraction of sp³-hybridized carbons (Fsp3) is 0.625. The van der Waals surface area contributed by atoms with Crippen molar-refractivity contribution >= 4 is 0 Å². The molecule has 0 amide bonds. The van der Waals surface area contributed by atoms with Gasteiger partial charge in [-0.1, -0.05) is 24.3 Å². The first-order chi connectivity index (χ1) is 9.81. The zero-order valence-corrected chi connectivity index (χ0v) is 12.3. The molecular weight excluding hydrogens is 252 g/mol. The molecule has 1 aliphatic rings. The topological polar surface area (TPSA) is 44.7 Å². The smallest absolute Gasteiger partial charge is 0.0681 e. The lowest BCUT2D eigenvalue weighted by Gasteiger charge is -2.25. The van der Waals surface area contributed by atoms with Crippen molar-refractivity contribution in [2.75, 3.05) is 33.4 Å². The molecule has 0 spiro atoms. The van der Waals surface area contributed by atoms with E-state index in [1.54, 1.807) is 7.11 Å². The summed E-state index contributed by atoms with van der Waals surface area (Å²) in [6.45, 7) is 4.99. The summed E-state index contributed by atoms with van der Waals surface area (Å²) in [5.74, 6) is 0. The van der Waals surface area contributed by atoms with Gasteiger partial charge in [0, 0.05) is 32.8 Å². The van der Waals surface area contributed by atoms with Gasteiger partial charge < -0.3 is 15.2 Å². The van der Waals surface area contributed by atoms with E-state index in [-0.39, 0.29) is 6.61 Å². The predicted octanol–water partition coefficient (Wildman–Crippen LogP) is 1.38. The summed E-state index contributed by atoms with van der Waals surface area (Å²) in [4.78, 5) is 2.44. The molecule has 2 rings (SSSR count). The molecule has 0 saturated carbocycles. The number of ether oxygens (including phenoxy) is 1. The summed E-state index contributed by atoms with van der Waals surface area (Å²) >= 11 is 0. The fourth-order valence-corrected chi connectivity index (χ4v) is 2.69. The van der Waals surface area contributed by atoms with Crippen LogP contribution in [0.15, 0.2) is 24.3 Å². The highest BCUT2D eigenvalue weighted by Gasteiger charge is 2.17. The fourth-order valence-electron chi connectivity index (χ4n) is 2.69.